The highest BCUT2D eigenvalue weighted by atomic mass is 32.2. The van der Waals surface area contributed by atoms with Gasteiger partial charge in [-0.25, -0.2) is 13.1 Å². The summed E-state index contributed by atoms with van der Waals surface area (Å²) in [5.41, 5.74) is 0.0119. The minimum Gasteiger partial charge on any atom is -0.322 e. The van der Waals surface area contributed by atoms with E-state index in [9.17, 15) is 22.8 Å². The van der Waals surface area contributed by atoms with E-state index in [2.05, 4.69) is 15.0 Å². The highest BCUT2D eigenvalue weighted by Gasteiger charge is 2.15. The lowest BCUT2D eigenvalue weighted by atomic mass is 10.1. The second-order valence-corrected chi connectivity index (χ2v) is 8.74. The van der Waals surface area contributed by atoms with Crippen molar-refractivity contribution < 1.29 is 13.2 Å². The van der Waals surface area contributed by atoms with Gasteiger partial charge in [0, 0.05) is 24.3 Å². The van der Waals surface area contributed by atoms with Gasteiger partial charge in [-0.05, 0) is 49.7 Å². The normalized spacial score (nSPS) is 11.5. The zero-order valence-corrected chi connectivity index (χ0v) is 18.1. The predicted octanol–water partition coefficient (Wildman–Crippen LogP) is 2.04. The molecule has 0 aliphatic rings. The molecule has 0 fully saturated rings. The van der Waals surface area contributed by atoms with Gasteiger partial charge in [0.2, 0.25) is 10.0 Å². The number of rotatable bonds is 8. The Morgan fingerprint density at radius 1 is 1.10 bits per heavy atom. The summed E-state index contributed by atoms with van der Waals surface area (Å²) in [5.74, 6) is -0.481. The van der Waals surface area contributed by atoms with Crippen molar-refractivity contribution in [3.8, 4) is 0 Å². The Morgan fingerprint density at radius 3 is 2.58 bits per heavy atom. The molecule has 0 aliphatic carbocycles. The van der Waals surface area contributed by atoms with E-state index in [1.165, 1.54) is 28.8 Å². The van der Waals surface area contributed by atoms with Crippen LogP contribution in [0.5, 0.6) is 0 Å². The molecule has 3 aromatic rings. The van der Waals surface area contributed by atoms with Crippen molar-refractivity contribution in [3.63, 3.8) is 0 Å². The third kappa shape index (κ3) is 4.92. The SMILES string of the molecule is CCCCNS(=O)(=O)c1cccc(NC(=O)c2ccc3c(c2)[nH]c(=O)c(=O)n3CC)c1. The van der Waals surface area contributed by atoms with Crippen LogP contribution in [0.1, 0.15) is 37.0 Å². The Balaban J connectivity index is 1.87. The molecule has 2 aromatic carbocycles. The molecule has 164 valence electrons. The van der Waals surface area contributed by atoms with Crippen LogP contribution in [0.2, 0.25) is 0 Å². The summed E-state index contributed by atoms with van der Waals surface area (Å²) < 4.78 is 28.6. The number of fused-ring (bicyclic) bond motifs is 1. The second kappa shape index (κ2) is 9.27. The predicted molar refractivity (Wildman–Crippen MR) is 119 cm³/mol. The number of sulfonamides is 1. The van der Waals surface area contributed by atoms with Crippen molar-refractivity contribution in [2.45, 2.75) is 38.1 Å². The Kier molecular flexibility index (Phi) is 6.71. The van der Waals surface area contributed by atoms with Gasteiger partial charge in [-0.1, -0.05) is 19.4 Å². The van der Waals surface area contributed by atoms with Crippen LogP contribution in [0.4, 0.5) is 5.69 Å². The first-order valence-corrected chi connectivity index (χ1v) is 11.4. The zero-order chi connectivity index (χ0) is 22.6. The van der Waals surface area contributed by atoms with Gasteiger partial charge >= 0.3 is 11.1 Å². The van der Waals surface area contributed by atoms with E-state index < -0.39 is 27.0 Å². The van der Waals surface area contributed by atoms with E-state index >= 15 is 0 Å². The summed E-state index contributed by atoms with van der Waals surface area (Å²) in [6.45, 7) is 4.37. The first-order valence-electron chi connectivity index (χ1n) is 9.94. The molecule has 0 radical (unpaired) electrons. The standard InChI is InChI=1S/C21H24N4O5S/c1-3-5-11-22-31(29,30)16-8-6-7-15(13-16)23-19(26)14-9-10-18-17(12-14)24-20(27)21(28)25(18)4-2/h6-10,12-13,22H,3-5,11H2,1-2H3,(H,23,26)(H,24,27). The number of carbonyl (C=O) groups excluding carboxylic acids is 1. The molecule has 10 heteroatoms. The summed E-state index contributed by atoms with van der Waals surface area (Å²) in [6.07, 6.45) is 1.59. The number of amides is 1. The van der Waals surface area contributed by atoms with Crippen LogP contribution >= 0.6 is 0 Å². The van der Waals surface area contributed by atoms with Gasteiger partial charge in [0.05, 0.1) is 15.9 Å². The fraction of sp³-hybridized carbons (Fsp3) is 0.286. The number of unbranched alkanes of at least 4 members (excludes halogenated alkanes) is 1. The number of benzene rings is 2. The molecule has 0 spiro atoms. The Labute approximate surface area is 179 Å². The molecule has 3 N–H and O–H groups in total. The van der Waals surface area contributed by atoms with Gasteiger partial charge < -0.3 is 14.9 Å². The molecule has 0 saturated heterocycles. The number of nitrogens with one attached hydrogen (secondary N) is 3. The van der Waals surface area contributed by atoms with Crippen molar-refractivity contribution in [2.24, 2.45) is 0 Å². The van der Waals surface area contributed by atoms with Crippen molar-refractivity contribution in [1.29, 1.82) is 0 Å². The molecule has 1 aromatic heterocycles. The average Bonchev–Trinajstić information content (AvgIpc) is 2.74. The van der Waals surface area contributed by atoms with Gasteiger partial charge in [-0.3, -0.25) is 14.4 Å². The number of anilines is 1. The first-order chi connectivity index (χ1) is 14.8. The Bertz CT molecular complexity index is 1340. The zero-order valence-electron chi connectivity index (χ0n) is 17.3. The fourth-order valence-electron chi connectivity index (χ4n) is 3.15. The number of aromatic amines is 1. The van der Waals surface area contributed by atoms with Crippen molar-refractivity contribution in [1.82, 2.24) is 14.3 Å². The largest absolute Gasteiger partial charge is 0.322 e. The maximum Gasteiger partial charge on any atom is 0.316 e. The van der Waals surface area contributed by atoms with Gasteiger partial charge in [0.25, 0.3) is 5.91 Å². The first kappa shape index (κ1) is 22.4. The van der Waals surface area contributed by atoms with E-state index in [0.29, 0.717) is 29.8 Å². The van der Waals surface area contributed by atoms with Crippen molar-refractivity contribution in [2.75, 3.05) is 11.9 Å². The molecule has 0 aliphatic heterocycles. The highest BCUT2D eigenvalue weighted by Crippen LogP contribution is 2.18. The average molecular weight is 445 g/mol. The Hall–Kier alpha value is -3.24. The van der Waals surface area contributed by atoms with Gasteiger partial charge in [0.1, 0.15) is 0 Å². The maximum atomic E-state index is 12.7. The number of carbonyl (C=O) groups is 1. The van der Waals surface area contributed by atoms with Crippen molar-refractivity contribution in [3.05, 3.63) is 68.7 Å². The summed E-state index contributed by atoms with van der Waals surface area (Å²) in [7, 11) is -3.67. The highest BCUT2D eigenvalue weighted by molar-refractivity contribution is 7.89. The lowest BCUT2D eigenvalue weighted by Gasteiger charge is -2.11. The summed E-state index contributed by atoms with van der Waals surface area (Å²) >= 11 is 0. The van der Waals surface area contributed by atoms with E-state index in [4.69, 9.17) is 0 Å². The van der Waals surface area contributed by atoms with Crippen LogP contribution in [0, 0.1) is 0 Å². The van der Waals surface area contributed by atoms with E-state index in [-0.39, 0.29) is 10.5 Å². The van der Waals surface area contributed by atoms with Gasteiger partial charge in [-0.15, -0.1) is 0 Å². The van der Waals surface area contributed by atoms with Crippen LogP contribution < -0.4 is 21.2 Å². The molecule has 0 bridgehead atoms. The second-order valence-electron chi connectivity index (χ2n) is 6.97. The number of hydrogen-bond donors (Lipinski definition) is 3. The molecule has 31 heavy (non-hydrogen) atoms. The molecule has 0 atom stereocenters. The lowest BCUT2D eigenvalue weighted by Crippen LogP contribution is -2.36. The van der Waals surface area contributed by atoms with Crippen LogP contribution in [-0.2, 0) is 16.6 Å². The number of aryl methyl sites for hydroxylation is 1. The molecule has 1 amide bonds. The third-order valence-electron chi connectivity index (χ3n) is 4.78. The maximum absolute atomic E-state index is 12.7. The van der Waals surface area contributed by atoms with E-state index in [1.54, 1.807) is 25.1 Å². The van der Waals surface area contributed by atoms with Crippen molar-refractivity contribution >= 4 is 32.7 Å². The summed E-state index contributed by atoms with van der Waals surface area (Å²) in [6, 6.07) is 10.6. The van der Waals surface area contributed by atoms with Crippen LogP contribution in [-0.4, -0.2) is 30.4 Å². The Morgan fingerprint density at radius 2 is 1.87 bits per heavy atom. The van der Waals surface area contributed by atoms with E-state index in [1.807, 2.05) is 6.92 Å². The molecule has 3 rings (SSSR count). The lowest BCUT2D eigenvalue weighted by molar-refractivity contribution is 0.102. The topological polar surface area (TPSA) is 130 Å². The van der Waals surface area contributed by atoms with Crippen LogP contribution in [0.25, 0.3) is 11.0 Å². The summed E-state index contributed by atoms with van der Waals surface area (Å²) in [5, 5.41) is 2.67. The molecule has 0 saturated carbocycles. The van der Waals surface area contributed by atoms with Crippen LogP contribution in [0.3, 0.4) is 0 Å². The molecular formula is C21H24N4O5S. The van der Waals surface area contributed by atoms with Crippen LogP contribution in [0.15, 0.2) is 56.9 Å². The summed E-state index contributed by atoms with van der Waals surface area (Å²) in [4.78, 5) is 39.1. The van der Waals surface area contributed by atoms with E-state index in [0.717, 1.165) is 12.8 Å². The smallest absolute Gasteiger partial charge is 0.316 e. The fourth-order valence-corrected chi connectivity index (χ4v) is 4.26. The quantitative estimate of drug-likeness (QED) is 0.362. The van der Waals surface area contributed by atoms with Gasteiger partial charge in [0.15, 0.2) is 0 Å². The molecular weight excluding hydrogens is 420 g/mol. The van der Waals surface area contributed by atoms with Gasteiger partial charge in [-0.2, -0.15) is 0 Å². The molecule has 9 nitrogen and oxygen atoms in total. The molecule has 0 unspecified atom stereocenters. The molecule has 1 heterocycles. The number of aromatic nitrogens is 2. The monoisotopic (exact) mass is 444 g/mol. The third-order valence-corrected chi connectivity index (χ3v) is 6.24. The number of hydrogen-bond acceptors (Lipinski definition) is 5. The number of H-pyrrole nitrogens is 1. The minimum atomic E-state index is -3.67. The minimum absolute atomic E-state index is 0.0520. The number of nitrogens with zero attached hydrogens (tertiary/aromatic N) is 1.